The topological polar surface area (TPSA) is 88.9 Å². The number of para-hydroxylation sites is 1. The number of hydrogen-bond donors (Lipinski definition) is 2. The number of nitrogens with zero attached hydrogens (tertiary/aromatic N) is 3. The van der Waals surface area contributed by atoms with E-state index >= 15 is 0 Å². The van der Waals surface area contributed by atoms with Gasteiger partial charge in [-0.05, 0) is 23.1 Å². The van der Waals surface area contributed by atoms with Crippen LogP contribution in [-0.2, 0) is 10.2 Å². The van der Waals surface area contributed by atoms with Crippen LogP contribution in [0.5, 0.6) is 0 Å². The largest absolute Gasteiger partial charge is 0.341 e. The average molecular weight is 424 g/mol. The van der Waals surface area contributed by atoms with Crippen molar-refractivity contribution in [2.24, 2.45) is 0 Å². The Balaban J connectivity index is 1.93. The second kappa shape index (κ2) is 9.13. The summed E-state index contributed by atoms with van der Waals surface area (Å²) in [6, 6.07) is 17.5. The molecule has 0 aliphatic heterocycles. The third kappa shape index (κ3) is 5.07. The summed E-state index contributed by atoms with van der Waals surface area (Å²) in [6.07, 6.45) is 0. The molecule has 0 saturated carbocycles. The first-order chi connectivity index (χ1) is 14.3. The number of thioether (sulfide) groups is 1. The summed E-state index contributed by atoms with van der Waals surface area (Å²) in [5, 5.41) is 13.9. The maximum Gasteiger partial charge on any atom is 0.321 e. The minimum atomic E-state index is -0.537. The van der Waals surface area contributed by atoms with E-state index in [0.29, 0.717) is 11.0 Å². The van der Waals surface area contributed by atoms with Crippen molar-refractivity contribution in [2.75, 3.05) is 12.8 Å². The van der Waals surface area contributed by atoms with Gasteiger partial charge < -0.3 is 5.32 Å². The molecule has 0 atom stereocenters. The number of carbonyl (C=O) groups is 2. The second-order valence-corrected chi connectivity index (χ2v) is 8.66. The van der Waals surface area contributed by atoms with Crippen LogP contribution in [0.3, 0.4) is 0 Å². The molecule has 0 spiro atoms. The number of aromatic nitrogens is 3. The Kier molecular flexibility index (Phi) is 6.56. The Morgan fingerprint density at radius 1 is 1.00 bits per heavy atom. The molecule has 0 aliphatic rings. The highest BCUT2D eigenvalue weighted by Crippen LogP contribution is 2.30. The molecule has 0 saturated heterocycles. The van der Waals surface area contributed by atoms with Crippen LogP contribution in [0, 0.1) is 0 Å². The molecule has 3 rings (SSSR count). The molecule has 8 heteroatoms. The van der Waals surface area contributed by atoms with Crippen molar-refractivity contribution in [1.82, 2.24) is 25.4 Å². The van der Waals surface area contributed by atoms with Crippen molar-refractivity contribution >= 4 is 23.7 Å². The second-order valence-electron chi connectivity index (χ2n) is 7.72. The highest BCUT2D eigenvalue weighted by molar-refractivity contribution is 7.99. The van der Waals surface area contributed by atoms with Crippen molar-refractivity contribution in [3.63, 3.8) is 0 Å². The summed E-state index contributed by atoms with van der Waals surface area (Å²) in [6.45, 7) is 6.52. The molecule has 0 fully saturated rings. The maximum atomic E-state index is 12.0. The molecule has 2 N–H and O–H groups in total. The predicted molar refractivity (Wildman–Crippen MR) is 119 cm³/mol. The summed E-state index contributed by atoms with van der Waals surface area (Å²) in [4.78, 5) is 23.3. The number of benzene rings is 2. The van der Waals surface area contributed by atoms with E-state index in [0.717, 1.165) is 11.3 Å². The van der Waals surface area contributed by atoms with E-state index in [9.17, 15) is 9.59 Å². The van der Waals surface area contributed by atoms with Crippen LogP contribution < -0.4 is 10.6 Å². The van der Waals surface area contributed by atoms with Crippen LogP contribution in [-0.4, -0.2) is 39.5 Å². The third-order valence-electron chi connectivity index (χ3n) is 4.47. The van der Waals surface area contributed by atoms with E-state index in [-0.39, 0.29) is 11.2 Å². The standard InChI is InChI=1S/C22H25N5O2S/c1-22(2,3)16-12-10-15(11-13-16)19-25-26-21(27(19)17-8-6-5-7-9-17)30-14-18(28)24-20(29)23-4/h5-13H,14H2,1-4H3,(H2,23,24,28,29). The molecule has 156 valence electrons. The van der Waals surface area contributed by atoms with Crippen molar-refractivity contribution in [2.45, 2.75) is 31.3 Å². The van der Waals surface area contributed by atoms with E-state index < -0.39 is 11.9 Å². The van der Waals surface area contributed by atoms with Crippen molar-refractivity contribution in [1.29, 1.82) is 0 Å². The van der Waals surface area contributed by atoms with Crippen LogP contribution >= 0.6 is 11.8 Å². The molecule has 0 bridgehead atoms. The molecule has 1 aromatic heterocycles. The first-order valence-corrected chi connectivity index (χ1v) is 10.5. The highest BCUT2D eigenvalue weighted by atomic mass is 32.2. The lowest BCUT2D eigenvalue weighted by Crippen LogP contribution is -2.38. The van der Waals surface area contributed by atoms with Crippen LogP contribution in [0.1, 0.15) is 26.3 Å². The molecular weight excluding hydrogens is 398 g/mol. The van der Waals surface area contributed by atoms with Crippen LogP contribution in [0.2, 0.25) is 0 Å². The smallest absolute Gasteiger partial charge is 0.321 e. The molecule has 2 aromatic carbocycles. The normalized spacial score (nSPS) is 11.2. The predicted octanol–water partition coefficient (Wildman–Crippen LogP) is 3.78. The minimum Gasteiger partial charge on any atom is -0.341 e. The number of urea groups is 1. The number of rotatable bonds is 5. The summed E-state index contributed by atoms with van der Waals surface area (Å²) in [7, 11) is 1.46. The number of carbonyl (C=O) groups excluding carboxylic acids is 2. The zero-order valence-electron chi connectivity index (χ0n) is 17.5. The molecule has 3 amide bonds. The van der Waals surface area contributed by atoms with Gasteiger partial charge in [-0.3, -0.25) is 14.7 Å². The van der Waals surface area contributed by atoms with Gasteiger partial charge in [-0.2, -0.15) is 0 Å². The zero-order valence-corrected chi connectivity index (χ0v) is 18.3. The van der Waals surface area contributed by atoms with Gasteiger partial charge >= 0.3 is 6.03 Å². The Morgan fingerprint density at radius 2 is 1.67 bits per heavy atom. The van der Waals surface area contributed by atoms with E-state index in [2.05, 4.69) is 53.7 Å². The lowest BCUT2D eigenvalue weighted by atomic mass is 9.87. The molecule has 3 aromatic rings. The van der Waals surface area contributed by atoms with Crippen molar-refractivity contribution < 1.29 is 9.59 Å². The van der Waals surface area contributed by atoms with E-state index in [1.807, 2.05) is 47.0 Å². The monoisotopic (exact) mass is 423 g/mol. The Hall–Kier alpha value is -3.13. The lowest BCUT2D eigenvalue weighted by Gasteiger charge is -2.19. The summed E-state index contributed by atoms with van der Waals surface area (Å²) in [5.74, 6) is 0.329. The highest BCUT2D eigenvalue weighted by Gasteiger charge is 2.19. The van der Waals surface area contributed by atoms with Crippen LogP contribution in [0.25, 0.3) is 17.1 Å². The van der Waals surface area contributed by atoms with Gasteiger partial charge in [0.2, 0.25) is 5.91 Å². The molecule has 0 aliphatic carbocycles. The number of nitrogens with one attached hydrogen (secondary N) is 2. The van der Waals surface area contributed by atoms with Gasteiger partial charge in [-0.25, -0.2) is 4.79 Å². The molecule has 0 radical (unpaired) electrons. The van der Waals surface area contributed by atoms with Crippen LogP contribution in [0.4, 0.5) is 4.79 Å². The quantitative estimate of drug-likeness (QED) is 0.610. The summed E-state index contributed by atoms with van der Waals surface area (Å²) < 4.78 is 1.92. The van der Waals surface area contributed by atoms with Gasteiger partial charge in [-0.1, -0.05) is 75.0 Å². The summed E-state index contributed by atoms with van der Waals surface area (Å²) >= 11 is 1.22. The average Bonchev–Trinajstić information content (AvgIpc) is 3.16. The fourth-order valence-electron chi connectivity index (χ4n) is 2.83. The van der Waals surface area contributed by atoms with Gasteiger partial charge in [0.25, 0.3) is 0 Å². The van der Waals surface area contributed by atoms with Gasteiger partial charge in [0.05, 0.1) is 5.75 Å². The first-order valence-electron chi connectivity index (χ1n) is 9.55. The first kappa shape index (κ1) is 21.6. The third-order valence-corrected chi connectivity index (χ3v) is 5.40. The van der Waals surface area contributed by atoms with Gasteiger partial charge in [0.15, 0.2) is 11.0 Å². The van der Waals surface area contributed by atoms with Gasteiger partial charge in [-0.15, -0.1) is 10.2 Å². The van der Waals surface area contributed by atoms with E-state index in [4.69, 9.17) is 0 Å². The molecule has 7 nitrogen and oxygen atoms in total. The Labute approximate surface area is 180 Å². The van der Waals surface area contributed by atoms with Gasteiger partial charge in [0, 0.05) is 18.3 Å². The fourth-order valence-corrected chi connectivity index (χ4v) is 3.59. The number of hydrogen-bond acceptors (Lipinski definition) is 5. The number of imide groups is 1. The molecule has 0 unspecified atom stereocenters. The minimum absolute atomic E-state index is 0.0430. The van der Waals surface area contributed by atoms with Crippen LogP contribution in [0.15, 0.2) is 59.8 Å². The Bertz CT molecular complexity index is 1020. The van der Waals surface area contributed by atoms with E-state index in [1.165, 1.54) is 24.4 Å². The maximum absolute atomic E-state index is 12.0. The van der Waals surface area contributed by atoms with Crippen molar-refractivity contribution in [3.05, 3.63) is 60.2 Å². The fraction of sp³-hybridized carbons (Fsp3) is 0.273. The van der Waals surface area contributed by atoms with Crippen molar-refractivity contribution in [3.8, 4) is 17.1 Å². The Morgan fingerprint density at radius 3 is 2.27 bits per heavy atom. The molecular formula is C22H25N5O2S. The zero-order chi connectivity index (χ0) is 21.7. The number of amides is 3. The SMILES string of the molecule is CNC(=O)NC(=O)CSc1nnc(-c2ccc(C(C)(C)C)cc2)n1-c1ccccc1. The van der Waals surface area contributed by atoms with Gasteiger partial charge in [0.1, 0.15) is 0 Å². The lowest BCUT2D eigenvalue weighted by molar-refractivity contribution is -0.117. The molecule has 1 heterocycles. The molecule has 30 heavy (non-hydrogen) atoms. The summed E-state index contributed by atoms with van der Waals surface area (Å²) in [5.41, 5.74) is 3.12. The van der Waals surface area contributed by atoms with E-state index in [1.54, 1.807) is 0 Å².